The second-order valence-electron chi connectivity index (χ2n) is 3.47. The maximum absolute atomic E-state index is 5.49. The summed E-state index contributed by atoms with van der Waals surface area (Å²) in [6, 6.07) is 7.26. The Labute approximate surface area is 91.7 Å². The molecule has 82 valence electrons. The number of aromatic nitrogens is 1. The summed E-state index contributed by atoms with van der Waals surface area (Å²) < 4.78 is 16.0. The number of fused-ring (bicyclic) bond motifs is 1. The van der Waals surface area contributed by atoms with Crippen LogP contribution >= 0.6 is 0 Å². The minimum Gasteiger partial charge on any atom is -0.486 e. The van der Waals surface area contributed by atoms with E-state index in [1.807, 2.05) is 18.2 Å². The lowest BCUT2D eigenvalue weighted by molar-refractivity contribution is 0.171. The molecule has 0 amide bonds. The van der Waals surface area contributed by atoms with E-state index in [1.54, 1.807) is 6.07 Å². The van der Waals surface area contributed by atoms with Crippen molar-refractivity contribution in [3.05, 3.63) is 24.3 Å². The lowest BCUT2D eigenvalue weighted by atomic mass is 10.1. The molecule has 5 nitrogen and oxygen atoms in total. The van der Waals surface area contributed by atoms with Crippen LogP contribution in [0.4, 0.5) is 5.82 Å². The van der Waals surface area contributed by atoms with Crippen LogP contribution in [-0.2, 0) is 0 Å². The Hall–Kier alpha value is -2.17. The van der Waals surface area contributed by atoms with Crippen LogP contribution in [0.1, 0.15) is 0 Å². The minimum atomic E-state index is 0.366. The van der Waals surface area contributed by atoms with Crippen molar-refractivity contribution in [3.63, 3.8) is 0 Å². The summed E-state index contributed by atoms with van der Waals surface area (Å²) in [4.78, 5) is 0. The maximum atomic E-state index is 5.49. The van der Waals surface area contributed by atoms with E-state index in [0.29, 0.717) is 24.8 Å². The fourth-order valence-electron chi connectivity index (χ4n) is 1.62. The van der Waals surface area contributed by atoms with E-state index in [1.165, 1.54) is 0 Å². The summed E-state index contributed by atoms with van der Waals surface area (Å²) in [5, 5.41) is 3.64. The van der Waals surface area contributed by atoms with Crippen LogP contribution < -0.4 is 15.2 Å². The Morgan fingerprint density at radius 2 is 1.88 bits per heavy atom. The standard InChI is InChI=1S/C11H10N2O3/c12-11-6-9(16-13-11)7-1-2-8-10(5-7)15-4-3-14-8/h1-2,5-6H,3-4H2,(H2,12,13). The Bertz CT molecular complexity index is 522. The third-order valence-corrected chi connectivity index (χ3v) is 2.36. The van der Waals surface area contributed by atoms with Gasteiger partial charge in [0.1, 0.15) is 13.2 Å². The number of nitrogen functional groups attached to an aromatic ring is 1. The maximum Gasteiger partial charge on any atom is 0.169 e. The van der Waals surface area contributed by atoms with E-state index in [9.17, 15) is 0 Å². The average molecular weight is 218 g/mol. The van der Waals surface area contributed by atoms with Gasteiger partial charge in [0.05, 0.1) is 0 Å². The van der Waals surface area contributed by atoms with Gasteiger partial charge in [0, 0.05) is 11.6 Å². The van der Waals surface area contributed by atoms with Crippen LogP contribution in [0, 0.1) is 0 Å². The van der Waals surface area contributed by atoms with E-state index in [4.69, 9.17) is 19.7 Å². The van der Waals surface area contributed by atoms with E-state index in [-0.39, 0.29) is 0 Å². The lowest BCUT2D eigenvalue weighted by Crippen LogP contribution is -2.15. The number of rotatable bonds is 1. The zero-order valence-electron chi connectivity index (χ0n) is 8.47. The highest BCUT2D eigenvalue weighted by atomic mass is 16.6. The van der Waals surface area contributed by atoms with Crippen molar-refractivity contribution in [1.29, 1.82) is 0 Å². The Kier molecular flexibility index (Phi) is 1.96. The van der Waals surface area contributed by atoms with Gasteiger partial charge in [0.15, 0.2) is 23.1 Å². The molecule has 1 aliphatic heterocycles. The number of nitrogens with two attached hydrogens (primary N) is 1. The molecule has 16 heavy (non-hydrogen) atoms. The first kappa shape index (κ1) is 9.08. The van der Waals surface area contributed by atoms with Crippen molar-refractivity contribution < 1.29 is 14.0 Å². The minimum absolute atomic E-state index is 0.366. The summed E-state index contributed by atoms with van der Waals surface area (Å²) >= 11 is 0. The van der Waals surface area contributed by atoms with Crippen LogP contribution in [0.3, 0.4) is 0 Å². The van der Waals surface area contributed by atoms with E-state index in [0.717, 1.165) is 17.1 Å². The Morgan fingerprint density at radius 3 is 2.62 bits per heavy atom. The molecule has 1 aliphatic rings. The highest BCUT2D eigenvalue weighted by molar-refractivity contribution is 5.64. The molecule has 3 rings (SSSR count). The smallest absolute Gasteiger partial charge is 0.169 e. The predicted molar refractivity (Wildman–Crippen MR) is 57.3 cm³/mol. The van der Waals surface area contributed by atoms with Crippen LogP contribution in [-0.4, -0.2) is 18.4 Å². The zero-order chi connectivity index (χ0) is 11.0. The second-order valence-corrected chi connectivity index (χ2v) is 3.47. The number of hydrogen-bond acceptors (Lipinski definition) is 5. The number of ether oxygens (including phenoxy) is 2. The average Bonchev–Trinajstić information content (AvgIpc) is 2.75. The summed E-state index contributed by atoms with van der Waals surface area (Å²) in [6.07, 6.45) is 0. The molecule has 2 heterocycles. The molecular formula is C11H10N2O3. The summed E-state index contributed by atoms with van der Waals surface area (Å²) in [6.45, 7) is 1.15. The number of hydrogen-bond donors (Lipinski definition) is 1. The molecule has 0 saturated carbocycles. The van der Waals surface area contributed by atoms with Gasteiger partial charge < -0.3 is 19.7 Å². The fraction of sp³-hybridized carbons (Fsp3) is 0.182. The normalized spacial score (nSPS) is 13.8. The van der Waals surface area contributed by atoms with Gasteiger partial charge in [-0.15, -0.1) is 0 Å². The largest absolute Gasteiger partial charge is 0.486 e. The second kappa shape index (κ2) is 3.44. The van der Waals surface area contributed by atoms with E-state index < -0.39 is 0 Å². The molecule has 0 spiro atoms. The lowest BCUT2D eigenvalue weighted by Gasteiger charge is -2.18. The molecule has 0 fully saturated rings. The monoisotopic (exact) mass is 218 g/mol. The van der Waals surface area contributed by atoms with Crippen molar-refractivity contribution in [2.45, 2.75) is 0 Å². The summed E-state index contributed by atoms with van der Waals surface area (Å²) in [5.74, 6) is 2.46. The Balaban J connectivity index is 2.02. The van der Waals surface area contributed by atoms with Gasteiger partial charge in [-0.1, -0.05) is 5.16 Å². The molecular weight excluding hydrogens is 208 g/mol. The van der Waals surface area contributed by atoms with Crippen molar-refractivity contribution >= 4 is 5.82 Å². The summed E-state index contributed by atoms with van der Waals surface area (Å²) in [7, 11) is 0. The molecule has 2 aromatic rings. The molecule has 0 bridgehead atoms. The zero-order valence-corrected chi connectivity index (χ0v) is 8.47. The number of nitrogens with zero attached hydrogens (tertiary/aromatic N) is 1. The first-order chi connectivity index (χ1) is 7.83. The molecule has 0 saturated heterocycles. The van der Waals surface area contributed by atoms with Crippen molar-refractivity contribution in [2.75, 3.05) is 18.9 Å². The summed E-state index contributed by atoms with van der Waals surface area (Å²) in [5.41, 5.74) is 6.36. The van der Waals surface area contributed by atoms with Crippen molar-refractivity contribution in [3.8, 4) is 22.8 Å². The highest BCUT2D eigenvalue weighted by Gasteiger charge is 2.14. The number of anilines is 1. The highest BCUT2D eigenvalue weighted by Crippen LogP contribution is 2.34. The van der Waals surface area contributed by atoms with Gasteiger partial charge in [-0.3, -0.25) is 0 Å². The predicted octanol–water partition coefficient (Wildman–Crippen LogP) is 1.70. The van der Waals surface area contributed by atoms with Crippen LogP contribution in [0.25, 0.3) is 11.3 Å². The Morgan fingerprint density at radius 1 is 1.06 bits per heavy atom. The SMILES string of the molecule is Nc1cc(-c2ccc3c(c2)OCCO3)on1. The van der Waals surface area contributed by atoms with Crippen LogP contribution in [0.15, 0.2) is 28.8 Å². The molecule has 1 aromatic heterocycles. The third-order valence-electron chi connectivity index (χ3n) is 2.36. The van der Waals surface area contributed by atoms with Crippen molar-refractivity contribution in [1.82, 2.24) is 5.16 Å². The third kappa shape index (κ3) is 1.46. The van der Waals surface area contributed by atoms with Gasteiger partial charge in [-0.25, -0.2) is 0 Å². The number of benzene rings is 1. The van der Waals surface area contributed by atoms with Gasteiger partial charge in [0.25, 0.3) is 0 Å². The van der Waals surface area contributed by atoms with E-state index >= 15 is 0 Å². The van der Waals surface area contributed by atoms with Crippen LogP contribution in [0.5, 0.6) is 11.5 Å². The molecule has 0 radical (unpaired) electrons. The molecule has 1 aromatic carbocycles. The molecule has 2 N–H and O–H groups in total. The topological polar surface area (TPSA) is 70.5 Å². The van der Waals surface area contributed by atoms with Gasteiger partial charge in [-0.2, -0.15) is 0 Å². The quantitative estimate of drug-likeness (QED) is 0.788. The molecule has 0 aliphatic carbocycles. The van der Waals surface area contributed by atoms with Gasteiger partial charge >= 0.3 is 0 Å². The first-order valence-corrected chi connectivity index (χ1v) is 4.95. The molecule has 0 atom stereocenters. The molecule has 0 unspecified atom stereocenters. The molecule has 5 heteroatoms. The van der Waals surface area contributed by atoms with Crippen molar-refractivity contribution in [2.24, 2.45) is 0 Å². The van der Waals surface area contributed by atoms with E-state index in [2.05, 4.69) is 5.16 Å². The fourth-order valence-corrected chi connectivity index (χ4v) is 1.62. The van der Waals surface area contributed by atoms with Gasteiger partial charge in [-0.05, 0) is 18.2 Å². The van der Waals surface area contributed by atoms with Gasteiger partial charge in [0.2, 0.25) is 0 Å². The van der Waals surface area contributed by atoms with Crippen LogP contribution in [0.2, 0.25) is 0 Å². The first-order valence-electron chi connectivity index (χ1n) is 4.95.